The molecule has 0 atom stereocenters. The highest BCUT2D eigenvalue weighted by molar-refractivity contribution is 7.01. The number of aryl methyl sites for hydroxylation is 10. The fraction of sp³-hybridized carbons (Fsp3) is 0.192. The summed E-state index contributed by atoms with van der Waals surface area (Å²) in [7, 11) is 0. The van der Waals surface area contributed by atoms with Crippen LogP contribution < -0.4 is 42.6 Å². The normalized spacial score (nSPS) is 13.0. The fourth-order valence-corrected chi connectivity index (χ4v) is 10.1. The zero-order valence-corrected chi connectivity index (χ0v) is 34.6. The topological polar surface area (TPSA) is 6.48 Å². The summed E-state index contributed by atoms with van der Waals surface area (Å²) >= 11 is 0. The maximum Gasteiger partial charge on any atom is 0.247 e. The van der Waals surface area contributed by atoms with E-state index in [-0.39, 0.29) is 13.4 Å². The van der Waals surface area contributed by atoms with Crippen molar-refractivity contribution in [3.63, 3.8) is 0 Å². The average Bonchev–Trinajstić information content (AvgIpc) is 3.14. The van der Waals surface area contributed by atoms with E-state index >= 15 is 0 Å². The highest BCUT2D eigenvalue weighted by atomic mass is 15.2. The summed E-state index contributed by atoms with van der Waals surface area (Å²) < 4.78 is 0. The Morgan fingerprint density at radius 1 is 0.286 bits per heavy atom. The van der Waals surface area contributed by atoms with Crippen molar-refractivity contribution in [2.24, 2.45) is 0 Å². The van der Waals surface area contributed by atoms with Crippen LogP contribution in [-0.2, 0) is 0 Å². The molecule has 0 saturated carbocycles. The molecule has 0 radical (unpaired) electrons. The Morgan fingerprint density at radius 2 is 0.607 bits per heavy atom. The van der Waals surface area contributed by atoms with E-state index in [2.05, 4.69) is 200 Å². The first-order valence-corrected chi connectivity index (χ1v) is 20.2. The van der Waals surface area contributed by atoms with E-state index < -0.39 is 0 Å². The lowest BCUT2D eigenvalue weighted by Crippen LogP contribution is -2.63. The van der Waals surface area contributed by atoms with Gasteiger partial charge in [-0.1, -0.05) is 145 Å². The maximum absolute atomic E-state index is 2.62. The maximum atomic E-state index is 2.62. The first-order chi connectivity index (χ1) is 26.9. The molecule has 56 heavy (non-hydrogen) atoms. The van der Waals surface area contributed by atoms with Gasteiger partial charge in [0.25, 0.3) is 0 Å². The Kier molecular flexibility index (Phi) is 8.65. The molecule has 0 N–H and O–H groups in total. The minimum absolute atomic E-state index is 0.0556. The molecule has 0 bridgehead atoms. The number of benzene rings is 7. The molecule has 2 nitrogen and oxygen atoms in total. The summed E-state index contributed by atoms with van der Waals surface area (Å²) in [6.45, 7) is 22.6. The molecule has 0 aromatic heterocycles. The summed E-state index contributed by atoms with van der Waals surface area (Å²) in [6.07, 6.45) is 0. The van der Waals surface area contributed by atoms with E-state index in [1.165, 1.54) is 123 Å². The molecule has 274 valence electrons. The molecule has 2 aliphatic heterocycles. The summed E-state index contributed by atoms with van der Waals surface area (Å²) in [5.74, 6) is 0. The number of hydrogen-bond donors (Lipinski definition) is 0. The van der Waals surface area contributed by atoms with Gasteiger partial charge in [-0.05, 0) is 134 Å². The minimum Gasteiger partial charge on any atom is -0.311 e. The van der Waals surface area contributed by atoms with Crippen LogP contribution in [0.3, 0.4) is 0 Å². The van der Waals surface area contributed by atoms with Gasteiger partial charge in [-0.15, -0.1) is 0 Å². The van der Waals surface area contributed by atoms with Crippen molar-refractivity contribution >= 4 is 80.3 Å². The fourth-order valence-electron chi connectivity index (χ4n) is 10.1. The molecular weight excluding hydrogens is 674 g/mol. The van der Waals surface area contributed by atoms with Gasteiger partial charge in [-0.25, -0.2) is 0 Å². The molecule has 0 aliphatic carbocycles. The number of anilines is 6. The summed E-state index contributed by atoms with van der Waals surface area (Å²) in [4.78, 5) is 5.07. The molecule has 2 heterocycles. The van der Waals surface area contributed by atoms with E-state index in [0.717, 1.165) is 0 Å². The molecule has 0 unspecified atom stereocenters. The Morgan fingerprint density at radius 3 is 0.964 bits per heavy atom. The number of hydrogen-bond acceptors (Lipinski definition) is 2. The van der Waals surface area contributed by atoms with E-state index in [0.29, 0.717) is 0 Å². The molecule has 0 fully saturated rings. The van der Waals surface area contributed by atoms with Crippen molar-refractivity contribution in [1.82, 2.24) is 0 Å². The summed E-state index contributed by atoms with van der Waals surface area (Å²) in [6, 6.07) is 47.0. The van der Waals surface area contributed by atoms with Crippen molar-refractivity contribution in [2.75, 3.05) is 9.80 Å². The molecular formula is C52H50B2N2. The lowest BCUT2D eigenvalue weighted by atomic mass is 9.30. The minimum atomic E-state index is 0.0556. The number of rotatable bonds is 4. The lowest BCUT2D eigenvalue weighted by molar-refractivity contribution is 1.25. The highest BCUT2D eigenvalue weighted by Crippen LogP contribution is 2.42. The third-order valence-corrected chi connectivity index (χ3v) is 12.4. The van der Waals surface area contributed by atoms with Crippen molar-refractivity contribution in [3.05, 3.63) is 177 Å². The van der Waals surface area contributed by atoms with Crippen LogP contribution in [0, 0.1) is 69.2 Å². The smallest absolute Gasteiger partial charge is 0.247 e. The second-order valence-electron chi connectivity index (χ2n) is 16.9. The third kappa shape index (κ3) is 5.81. The Hall–Kier alpha value is -5.73. The predicted octanol–water partition coefficient (Wildman–Crippen LogP) is 9.37. The van der Waals surface area contributed by atoms with Crippen molar-refractivity contribution in [2.45, 2.75) is 69.2 Å². The van der Waals surface area contributed by atoms with Gasteiger partial charge in [0, 0.05) is 34.1 Å². The summed E-state index contributed by atoms with van der Waals surface area (Å²) in [5.41, 5.74) is 28.6. The molecule has 0 amide bonds. The van der Waals surface area contributed by atoms with Crippen LogP contribution in [0.4, 0.5) is 34.1 Å². The van der Waals surface area contributed by atoms with Gasteiger partial charge in [0.1, 0.15) is 0 Å². The molecule has 9 rings (SSSR count). The van der Waals surface area contributed by atoms with E-state index in [9.17, 15) is 0 Å². The predicted molar refractivity (Wildman–Crippen MR) is 245 cm³/mol. The van der Waals surface area contributed by atoms with Crippen LogP contribution in [0.5, 0.6) is 0 Å². The number of nitrogens with zero attached hydrogens (tertiary/aromatic N) is 2. The Bertz CT molecular complexity index is 2480. The van der Waals surface area contributed by atoms with E-state index in [1.54, 1.807) is 0 Å². The van der Waals surface area contributed by atoms with Crippen LogP contribution in [-0.4, -0.2) is 13.4 Å². The first-order valence-electron chi connectivity index (χ1n) is 20.2. The Balaban J connectivity index is 1.45. The zero-order chi connectivity index (χ0) is 39.2. The SMILES string of the molecule is Cc1ccc(N2c3ccc(C)cc3B(c3c(C)cc(C)cc3C)c3cc4c(cc32)N(c2ccc(C)cc2)c2ccc(C)cc2B4c2c(C)cc(C)cc2C)cc1. The third-order valence-electron chi connectivity index (χ3n) is 12.4. The van der Waals surface area contributed by atoms with Gasteiger partial charge in [-0.3, -0.25) is 0 Å². The highest BCUT2D eigenvalue weighted by Gasteiger charge is 2.42. The van der Waals surface area contributed by atoms with Crippen LogP contribution in [0.15, 0.2) is 121 Å². The molecule has 7 aromatic carbocycles. The van der Waals surface area contributed by atoms with Crippen LogP contribution >= 0.6 is 0 Å². The second-order valence-corrected chi connectivity index (χ2v) is 16.9. The molecule has 0 spiro atoms. The molecule has 7 aromatic rings. The quantitative estimate of drug-likeness (QED) is 0.167. The second kappa shape index (κ2) is 13.5. The van der Waals surface area contributed by atoms with Crippen LogP contribution in [0.25, 0.3) is 0 Å². The average molecular weight is 725 g/mol. The van der Waals surface area contributed by atoms with Gasteiger partial charge in [0.2, 0.25) is 13.4 Å². The molecule has 0 saturated heterocycles. The summed E-state index contributed by atoms with van der Waals surface area (Å²) in [5, 5.41) is 0. The van der Waals surface area contributed by atoms with Gasteiger partial charge in [0.15, 0.2) is 0 Å². The van der Waals surface area contributed by atoms with Gasteiger partial charge in [-0.2, -0.15) is 0 Å². The largest absolute Gasteiger partial charge is 0.311 e. The molecule has 4 heteroatoms. The van der Waals surface area contributed by atoms with Crippen molar-refractivity contribution in [1.29, 1.82) is 0 Å². The van der Waals surface area contributed by atoms with Gasteiger partial charge in [0.05, 0.1) is 0 Å². The number of fused-ring (bicyclic) bond motifs is 4. The van der Waals surface area contributed by atoms with Gasteiger partial charge < -0.3 is 9.80 Å². The monoisotopic (exact) mass is 724 g/mol. The van der Waals surface area contributed by atoms with Crippen LogP contribution in [0.1, 0.15) is 55.6 Å². The van der Waals surface area contributed by atoms with Crippen LogP contribution in [0.2, 0.25) is 0 Å². The zero-order valence-electron chi connectivity index (χ0n) is 34.6. The van der Waals surface area contributed by atoms with Gasteiger partial charge >= 0.3 is 0 Å². The standard InChI is InChI=1S/C52H50B2N2/c1-31-11-17-41(18-12-31)55-47-21-15-33(3)27-43(47)53(51-37(7)23-35(5)24-38(51)8)45-29-46-50(30-49(45)55)56(42-19-13-32(2)14-20-42)48-22-16-34(4)28-44(48)54(46)52-39(9)25-36(6)26-40(52)10/h11-30H,1-10H3. The Labute approximate surface area is 335 Å². The van der Waals surface area contributed by atoms with Crippen molar-refractivity contribution in [3.8, 4) is 0 Å². The molecule has 2 aliphatic rings. The lowest BCUT2D eigenvalue weighted by Gasteiger charge is -2.43. The van der Waals surface area contributed by atoms with E-state index in [4.69, 9.17) is 0 Å². The first kappa shape index (κ1) is 35.9. The van der Waals surface area contributed by atoms with E-state index in [1.807, 2.05) is 0 Å². The van der Waals surface area contributed by atoms with Crippen molar-refractivity contribution < 1.29 is 0 Å².